The maximum absolute atomic E-state index is 11.9. The average molecular weight is 319 g/mol. The van der Waals surface area contributed by atoms with Crippen molar-refractivity contribution in [2.75, 3.05) is 0 Å². The molecule has 0 saturated heterocycles. The first-order valence-electron chi connectivity index (χ1n) is 5.08. The number of allylic oxidation sites excluding steroid dienone is 1. The van der Waals surface area contributed by atoms with Crippen LogP contribution >= 0.6 is 34.8 Å². The topological polar surface area (TPSA) is 54.5 Å². The average Bonchev–Trinajstić information content (AvgIpc) is 2.59. The number of amides is 2. The summed E-state index contributed by atoms with van der Waals surface area (Å²) in [6.45, 7) is 0. The predicted octanol–water partition coefficient (Wildman–Crippen LogP) is 2.74. The van der Waals surface area contributed by atoms with Crippen LogP contribution in [0.25, 0.3) is 0 Å². The van der Waals surface area contributed by atoms with Crippen molar-refractivity contribution in [2.45, 2.75) is 3.79 Å². The normalized spacial score (nSPS) is 15.2. The first kappa shape index (κ1) is 14.1. The molecule has 0 fully saturated rings. The lowest BCUT2D eigenvalue weighted by Gasteiger charge is -2.08. The number of nitrogens with zero attached hydrogens (tertiary/aromatic N) is 1. The Morgan fingerprint density at radius 2 is 1.53 bits per heavy atom. The molecule has 2 amide bonds. The Balaban J connectivity index is 2.26. The molecule has 0 unspecified atom stereocenters. The molecule has 0 aliphatic carbocycles. The van der Waals surface area contributed by atoms with Gasteiger partial charge in [-0.05, 0) is 12.1 Å². The van der Waals surface area contributed by atoms with E-state index in [1.165, 1.54) is 12.1 Å². The van der Waals surface area contributed by atoms with Crippen LogP contribution in [0.1, 0.15) is 20.7 Å². The Labute approximate surface area is 123 Å². The molecule has 1 aliphatic heterocycles. The third-order valence-electron chi connectivity index (χ3n) is 2.48. The zero-order chi connectivity index (χ0) is 14.2. The molecule has 0 aromatic heterocycles. The molecule has 0 N–H and O–H groups in total. The van der Waals surface area contributed by atoms with Gasteiger partial charge in [0.15, 0.2) is 0 Å². The standard InChI is InChI=1S/C12H6Cl3NO3/c13-12(14,15)9(17)5-6-16-10(18)7-3-1-2-4-8(7)11(16)19/h1-6H/b6-5+. The number of hydrogen-bond acceptors (Lipinski definition) is 3. The van der Waals surface area contributed by atoms with Gasteiger partial charge in [0.1, 0.15) is 0 Å². The van der Waals surface area contributed by atoms with Crippen LogP contribution in [0, 0.1) is 0 Å². The Hall–Kier alpha value is -1.36. The van der Waals surface area contributed by atoms with Crippen LogP contribution in [-0.2, 0) is 4.79 Å². The van der Waals surface area contributed by atoms with Gasteiger partial charge < -0.3 is 0 Å². The van der Waals surface area contributed by atoms with E-state index in [0.29, 0.717) is 0 Å². The number of imide groups is 1. The number of halogens is 3. The Morgan fingerprint density at radius 1 is 1.05 bits per heavy atom. The summed E-state index contributed by atoms with van der Waals surface area (Å²) in [4.78, 5) is 36.0. The second-order valence-electron chi connectivity index (χ2n) is 3.70. The van der Waals surface area contributed by atoms with Crippen molar-refractivity contribution in [3.8, 4) is 0 Å². The molecular formula is C12H6Cl3NO3. The molecule has 1 aromatic rings. The van der Waals surface area contributed by atoms with Gasteiger partial charge in [0.05, 0.1) is 11.1 Å². The largest absolute Gasteiger partial charge is 0.290 e. The van der Waals surface area contributed by atoms with Gasteiger partial charge in [-0.3, -0.25) is 14.4 Å². The van der Waals surface area contributed by atoms with E-state index >= 15 is 0 Å². The second-order valence-corrected chi connectivity index (χ2v) is 5.98. The summed E-state index contributed by atoms with van der Waals surface area (Å²) in [5, 5.41) is 0. The molecule has 1 aliphatic rings. The van der Waals surface area contributed by atoms with E-state index in [1.807, 2.05) is 0 Å². The Bertz CT molecular complexity index is 569. The molecule has 2 rings (SSSR count). The number of rotatable bonds is 2. The minimum absolute atomic E-state index is 0.276. The number of fused-ring (bicyclic) bond motifs is 1. The van der Waals surface area contributed by atoms with Gasteiger partial charge >= 0.3 is 0 Å². The van der Waals surface area contributed by atoms with Crippen molar-refractivity contribution in [3.63, 3.8) is 0 Å². The van der Waals surface area contributed by atoms with Crippen molar-refractivity contribution in [3.05, 3.63) is 47.7 Å². The number of carbonyl (C=O) groups excluding carboxylic acids is 3. The SMILES string of the molecule is O=C1c2ccccc2C(=O)N1/C=C/C(=O)C(Cl)(Cl)Cl. The number of carbonyl (C=O) groups is 3. The number of ketones is 1. The van der Waals surface area contributed by atoms with Gasteiger partial charge in [-0.1, -0.05) is 46.9 Å². The van der Waals surface area contributed by atoms with Crippen LogP contribution in [-0.4, -0.2) is 26.3 Å². The van der Waals surface area contributed by atoms with E-state index in [0.717, 1.165) is 17.2 Å². The highest BCUT2D eigenvalue weighted by molar-refractivity contribution is 6.77. The fourth-order valence-electron chi connectivity index (χ4n) is 1.58. The molecule has 7 heteroatoms. The molecule has 0 spiro atoms. The molecule has 0 atom stereocenters. The summed E-state index contributed by atoms with van der Waals surface area (Å²) < 4.78 is -2.12. The minimum Gasteiger partial charge on any atom is -0.290 e. The number of alkyl halides is 3. The van der Waals surface area contributed by atoms with Gasteiger partial charge in [-0.25, -0.2) is 4.90 Å². The van der Waals surface area contributed by atoms with Crippen molar-refractivity contribution in [2.24, 2.45) is 0 Å². The molecule has 0 bridgehead atoms. The summed E-state index contributed by atoms with van der Waals surface area (Å²) in [5.74, 6) is -1.88. The number of hydrogen-bond donors (Lipinski definition) is 0. The van der Waals surface area contributed by atoms with E-state index < -0.39 is 21.4 Å². The predicted molar refractivity (Wildman–Crippen MR) is 71.4 cm³/mol. The Kier molecular flexibility index (Phi) is 3.67. The summed E-state index contributed by atoms with van der Waals surface area (Å²) in [7, 11) is 0. The van der Waals surface area contributed by atoms with Crippen molar-refractivity contribution >= 4 is 52.4 Å². The smallest absolute Gasteiger partial charge is 0.265 e. The molecule has 1 heterocycles. The van der Waals surface area contributed by atoms with Crippen LogP contribution < -0.4 is 0 Å². The zero-order valence-electron chi connectivity index (χ0n) is 9.27. The van der Waals surface area contributed by atoms with E-state index in [4.69, 9.17) is 34.8 Å². The van der Waals surface area contributed by atoms with E-state index in [-0.39, 0.29) is 11.1 Å². The lowest BCUT2D eigenvalue weighted by atomic mass is 10.1. The molecule has 4 nitrogen and oxygen atoms in total. The van der Waals surface area contributed by atoms with Crippen molar-refractivity contribution < 1.29 is 14.4 Å². The zero-order valence-corrected chi connectivity index (χ0v) is 11.5. The molecule has 1 aromatic carbocycles. The molecule has 98 valence electrons. The first-order chi connectivity index (χ1) is 8.82. The van der Waals surface area contributed by atoms with Gasteiger partial charge in [0, 0.05) is 12.3 Å². The van der Waals surface area contributed by atoms with Crippen LogP contribution in [0.3, 0.4) is 0 Å². The lowest BCUT2D eigenvalue weighted by Crippen LogP contribution is -2.25. The third kappa shape index (κ3) is 2.66. The van der Waals surface area contributed by atoms with E-state index in [2.05, 4.69) is 0 Å². The molecule has 19 heavy (non-hydrogen) atoms. The monoisotopic (exact) mass is 317 g/mol. The highest BCUT2D eigenvalue weighted by Crippen LogP contribution is 2.28. The van der Waals surface area contributed by atoms with Gasteiger partial charge in [-0.2, -0.15) is 0 Å². The van der Waals surface area contributed by atoms with Gasteiger partial charge in [-0.15, -0.1) is 0 Å². The van der Waals surface area contributed by atoms with E-state index in [9.17, 15) is 14.4 Å². The number of benzene rings is 1. The van der Waals surface area contributed by atoms with Crippen LogP contribution in [0.2, 0.25) is 0 Å². The summed E-state index contributed by atoms with van der Waals surface area (Å²) in [5.41, 5.74) is 0.553. The Morgan fingerprint density at radius 3 is 1.95 bits per heavy atom. The highest BCUT2D eigenvalue weighted by Gasteiger charge is 2.34. The minimum atomic E-state index is -2.12. The highest BCUT2D eigenvalue weighted by atomic mass is 35.6. The van der Waals surface area contributed by atoms with Gasteiger partial charge in [0.25, 0.3) is 15.6 Å². The summed E-state index contributed by atoms with van der Waals surface area (Å²) >= 11 is 16.1. The van der Waals surface area contributed by atoms with Crippen LogP contribution in [0.5, 0.6) is 0 Å². The second kappa shape index (κ2) is 4.96. The fraction of sp³-hybridized carbons (Fsp3) is 0.0833. The fourth-order valence-corrected chi connectivity index (χ4v) is 1.77. The summed E-state index contributed by atoms with van der Waals surface area (Å²) in [6, 6.07) is 6.34. The van der Waals surface area contributed by atoms with Crippen molar-refractivity contribution in [1.82, 2.24) is 4.90 Å². The first-order valence-corrected chi connectivity index (χ1v) is 6.22. The summed E-state index contributed by atoms with van der Waals surface area (Å²) in [6.07, 6.45) is 1.89. The molecule has 0 saturated carbocycles. The van der Waals surface area contributed by atoms with E-state index in [1.54, 1.807) is 12.1 Å². The lowest BCUT2D eigenvalue weighted by molar-refractivity contribution is -0.113. The maximum atomic E-state index is 11.9. The van der Waals surface area contributed by atoms with Crippen LogP contribution in [0.15, 0.2) is 36.5 Å². The quantitative estimate of drug-likeness (QED) is 0.478. The third-order valence-corrected chi connectivity index (χ3v) is 3.04. The van der Waals surface area contributed by atoms with Gasteiger partial charge in [0.2, 0.25) is 5.78 Å². The van der Waals surface area contributed by atoms with Crippen LogP contribution in [0.4, 0.5) is 0 Å². The van der Waals surface area contributed by atoms with Crippen molar-refractivity contribution in [1.29, 1.82) is 0 Å². The molecule has 0 radical (unpaired) electrons. The molecular weight excluding hydrogens is 312 g/mol. The maximum Gasteiger partial charge on any atom is 0.265 e.